The SMILES string of the molecule is C=C1C(=O)O[C@H]2[C@@H]1CC/C(C)=C\CC[C@@]1(C)O[C@H]21. The third kappa shape index (κ3) is 1.81. The normalized spacial score (nSPS) is 46.6. The van der Waals surface area contributed by atoms with Gasteiger partial charge < -0.3 is 9.47 Å². The highest BCUT2D eigenvalue weighted by atomic mass is 16.6. The number of hydrogen-bond acceptors (Lipinski definition) is 3. The lowest BCUT2D eigenvalue weighted by molar-refractivity contribution is -0.140. The quantitative estimate of drug-likeness (QED) is 0.286. The van der Waals surface area contributed by atoms with E-state index in [4.69, 9.17) is 9.47 Å². The van der Waals surface area contributed by atoms with Crippen LogP contribution < -0.4 is 0 Å². The van der Waals surface area contributed by atoms with Gasteiger partial charge in [0.2, 0.25) is 0 Å². The van der Waals surface area contributed by atoms with Gasteiger partial charge in [0.25, 0.3) is 0 Å². The van der Waals surface area contributed by atoms with E-state index >= 15 is 0 Å². The summed E-state index contributed by atoms with van der Waals surface area (Å²) in [7, 11) is 0. The van der Waals surface area contributed by atoms with E-state index in [1.807, 2.05) is 0 Å². The van der Waals surface area contributed by atoms with Gasteiger partial charge in [-0.2, -0.15) is 0 Å². The standard InChI is InChI=1S/C15H20O3/c1-9-5-4-8-15(3)13(18-15)12-11(7-6-9)10(2)14(16)17-12/h5,11-13H,2,4,6-8H2,1,3H3/b9-5-/t11-,12+,13-,15-/m1/s1. The van der Waals surface area contributed by atoms with Crippen molar-refractivity contribution in [3.8, 4) is 0 Å². The van der Waals surface area contributed by atoms with Gasteiger partial charge in [-0.05, 0) is 39.5 Å². The molecule has 0 saturated carbocycles. The van der Waals surface area contributed by atoms with Gasteiger partial charge in [-0.15, -0.1) is 0 Å². The molecule has 0 spiro atoms. The fourth-order valence-corrected chi connectivity index (χ4v) is 3.20. The molecule has 0 aromatic carbocycles. The number of carbonyl (C=O) groups excluding carboxylic acids is 1. The van der Waals surface area contributed by atoms with Crippen LogP contribution in [0.25, 0.3) is 0 Å². The highest BCUT2D eigenvalue weighted by Crippen LogP contribution is 2.49. The van der Waals surface area contributed by atoms with Gasteiger partial charge in [0.1, 0.15) is 12.2 Å². The molecule has 18 heavy (non-hydrogen) atoms. The zero-order chi connectivity index (χ0) is 12.9. The number of epoxide rings is 1. The van der Waals surface area contributed by atoms with Crippen LogP contribution in [0.15, 0.2) is 23.8 Å². The molecular formula is C15H20O3. The van der Waals surface area contributed by atoms with Crippen molar-refractivity contribution in [2.75, 3.05) is 0 Å². The number of carbonyl (C=O) groups is 1. The summed E-state index contributed by atoms with van der Waals surface area (Å²) in [5.41, 5.74) is 1.91. The highest BCUT2D eigenvalue weighted by Gasteiger charge is 2.61. The van der Waals surface area contributed by atoms with E-state index in [1.165, 1.54) is 5.57 Å². The Bertz CT molecular complexity index is 437. The van der Waals surface area contributed by atoms with Crippen LogP contribution in [-0.4, -0.2) is 23.8 Å². The van der Waals surface area contributed by atoms with Crippen LogP contribution in [-0.2, 0) is 14.3 Å². The number of hydrogen-bond donors (Lipinski definition) is 0. The maximum Gasteiger partial charge on any atom is 0.334 e. The largest absolute Gasteiger partial charge is 0.455 e. The molecule has 2 fully saturated rings. The van der Waals surface area contributed by atoms with Gasteiger partial charge in [-0.3, -0.25) is 0 Å². The number of fused-ring (bicyclic) bond motifs is 3. The Morgan fingerprint density at radius 1 is 1.50 bits per heavy atom. The lowest BCUT2D eigenvalue weighted by Gasteiger charge is -2.19. The molecule has 98 valence electrons. The first-order valence-electron chi connectivity index (χ1n) is 6.74. The molecule has 2 aliphatic heterocycles. The molecule has 0 radical (unpaired) electrons. The molecule has 0 aromatic heterocycles. The number of esters is 1. The van der Waals surface area contributed by atoms with Gasteiger partial charge >= 0.3 is 5.97 Å². The second-order valence-corrected chi connectivity index (χ2v) is 5.98. The van der Waals surface area contributed by atoms with Crippen LogP contribution in [0.1, 0.15) is 39.5 Å². The number of allylic oxidation sites excluding steroid dienone is 2. The van der Waals surface area contributed by atoms with E-state index in [0.29, 0.717) is 5.57 Å². The fraction of sp³-hybridized carbons (Fsp3) is 0.667. The molecular weight excluding hydrogens is 228 g/mol. The lowest BCUT2D eigenvalue weighted by atomic mass is 9.84. The van der Waals surface area contributed by atoms with Crippen molar-refractivity contribution in [1.29, 1.82) is 0 Å². The molecule has 3 nitrogen and oxygen atoms in total. The first kappa shape index (κ1) is 12.0. The minimum atomic E-state index is -0.233. The molecule has 1 aliphatic carbocycles. The van der Waals surface area contributed by atoms with Crippen molar-refractivity contribution in [3.63, 3.8) is 0 Å². The van der Waals surface area contributed by atoms with Crippen molar-refractivity contribution in [2.45, 2.75) is 57.3 Å². The predicted molar refractivity (Wildman–Crippen MR) is 68.0 cm³/mol. The highest BCUT2D eigenvalue weighted by molar-refractivity contribution is 5.91. The second-order valence-electron chi connectivity index (χ2n) is 5.98. The maximum absolute atomic E-state index is 11.7. The molecule has 3 heteroatoms. The molecule has 2 saturated heterocycles. The van der Waals surface area contributed by atoms with Crippen LogP contribution in [0.4, 0.5) is 0 Å². The smallest absolute Gasteiger partial charge is 0.334 e. The van der Waals surface area contributed by atoms with Gasteiger partial charge in [0.05, 0.1) is 5.60 Å². The molecule has 4 atom stereocenters. The Balaban J connectivity index is 1.87. The van der Waals surface area contributed by atoms with Gasteiger partial charge in [-0.25, -0.2) is 4.79 Å². The maximum atomic E-state index is 11.7. The summed E-state index contributed by atoms with van der Waals surface area (Å²) < 4.78 is 11.3. The van der Waals surface area contributed by atoms with E-state index in [-0.39, 0.29) is 29.7 Å². The summed E-state index contributed by atoms with van der Waals surface area (Å²) in [5.74, 6) is -0.102. The zero-order valence-electron chi connectivity index (χ0n) is 11.1. The topological polar surface area (TPSA) is 38.8 Å². The van der Waals surface area contributed by atoms with Crippen molar-refractivity contribution < 1.29 is 14.3 Å². The van der Waals surface area contributed by atoms with Crippen molar-refractivity contribution in [3.05, 3.63) is 23.8 Å². The van der Waals surface area contributed by atoms with Crippen LogP contribution >= 0.6 is 0 Å². The van der Waals surface area contributed by atoms with Gasteiger partial charge in [0.15, 0.2) is 0 Å². The predicted octanol–water partition coefficient (Wildman–Crippen LogP) is 2.76. The Labute approximate surface area is 108 Å². The fourth-order valence-electron chi connectivity index (χ4n) is 3.20. The van der Waals surface area contributed by atoms with Crippen LogP contribution in [0, 0.1) is 5.92 Å². The molecule has 0 bridgehead atoms. The third-order valence-electron chi connectivity index (χ3n) is 4.57. The molecule has 2 heterocycles. The van der Waals surface area contributed by atoms with Crippen molar-refractivity contribution >= 4 is 5.97 Å². The first-order chi connectivity index (χ1) is 8.51. The number of ether oxygens (including phenoxy) is 2. The summed E-state index contributed by atoms with van der Waals surface area (Å²) in [6, 6.07) is 0. The molecule has 0 aromatic rings. The molecule has 3 aliphatic rings. The molecule has 0 amide bonds. The monoisotopic (exact) mass is 248 g/mol. The van der Waals surface area contributed by atoms with E-state index in [9.17, 15) is 4.79 Å². The van der Waals surface area contributed by atoms with E-state index in [1.54, 1.807) is 0 Å². The van der Waals surface area contributed by atoms with Crippen molar-refractivity contribution in [1.82, 2.24) is 0 Å². The van der Waals surface area contributed by atoms with Gasteiger partial charge in [-0.1, -0.05) is 18.2 Å². The van der Waals surface area contributed by atoms with Crippen LogP contribution in [0.2, 0.25) is 0 Å². The number of rotatable bonds is 0. The Hall–Kier alpha value is -1.09. The van der Waals surface area contributed by atoms with Gasteiger partial charge in [0, 0.05) is 11.5 Å². The van der Waals surface area contributed by atoms with Crippen molar-refractivity contribution in [2.24, 2.45) is 5.92 Å². The molecule has 0 N–H and O–H groups in total. The first-order valence-corrected chi connectivity index (χ1v) is 6.74. The Kier molecular flexibility index (Phi) is 2.63. The zero-order valence-corrected chi connectivity index (χ0v) is 11.1. The lowest BCUT2D eigenvalue weighted by Crippen LogP contribution is -2.28. The second kappa shape index (κ2) is 3.95. The van der Waals surface area contributed by atoms with E-state index in [2.05, 4.69) is 26.5 Å². The molecule has 3 rings (SSSR count). The Morgan fingerprint density at radius 3 is 3.06 bits per heavy atom. The van der Waals surface area contributed by atoms with E-state index < -0.39 is 0 Å². The summed E-state index contributed by atoms with van der Waals surface area (Å²) in [5, 5.41) is 0. The summed E-state index contributed by atoms with van der Waals surface area (Å²) in [4.78, 5) is 11.7. The average molecular weight is 248 g/mol. The third-order valence-corrected chi connectivity index (χ3v) is 4.57. The van der Waals surface area contributed by atoms with Crippen LogP contribution in [0.5, 0.6) is 0 Å². The minimum absolute atomic E-state index is 0.0671. The van der Waals surface area contributed by atoms with E-state index in [0.717, 1.165) is 25.7 Å². The molecule has 0 unspecified atom stereocenters. The summed E-state index contributed by atoms with van der Waals surface area (Å²) in [6.07, 6.45) is 6.25. The average Bonchev–Trinajstić information content (AvgIpc) is 2.90. The summed E-state index contributed by atoms with van der Waals surface area (Å²) in [6.45, 7) is 8.17. The minimum Gasteiger partial charge on any atom is -0.455 e. The van der Waals surface area contributed by atoms with Crippen LogP contribution in [0.3, 0.4) is 0 Å². The summed E-state index contributed by atoms with van der Waals surface area (Å²) >= 11 is 0. The Morgan fingerprint density at radius 2 is 2.28 bits per heavy atom.